The van der Waals surface area contributed by atoms with Crippen LogP contribution in [-0.4, -0.2) is 54.8 Å². The van der Waals surface area contributed by atoms with Gasteiger partial charge in [-0.25, -0.2) is 4.98 Å². The van der Waals surface area contributed by atoms with E-state index in [-0.39, 0.29) is 5.88 Å². The van der Waals surface area contributed by atoms with Crippen molar-refractivity contribution < 1.29 is 14.6 Å². The molecule has 16 heavy (non-hydrogen) atoms. The van der Waals surface area contributed by atoms with Crippen molar-refractivity contribution in [2.75, 3.05) is 34.9 Å². The van der Waals surface area contributed by atoms with Crippen LogP contribution in [0.1, 0.15) is 11.8 Å². The van der Waals surface area contributed by atoms with Gasteiger partial charge in [-0.2, -0.15) is 4.98 Å². The molecule has 0 aliphatic rings. The average molecular weight is 227 g/mol. The van der Waals surface area contributed by atoms with Crippen LogP contribution in [0.25, 0.3) is 0 Å². The maximum absolute atomic E-state index is 9.90. The smallest absolute Gasteiger partial charge is 0.241 e. The van der Waals surface area contributed by atoms with Gasteiger partial charge in [-0.05, 0) is 14.1 Å². The zero-order chi connectivity index (χ0) is 12.1. The molecule has 0 aromatic carbocycles. The third kappa shape index (κ3) is 3.04. The minimum absolute atomic E-state index is 0.286. The topological polar surface area (TPSA) is 67.7 Å². The summed E-state index contributed by atoms with van der Waals surface area (Å²) in [5, 5.41) is 9.90. The number of likely N-dealkylation sites (N-methyl/N-ethyl adjacent to an activating group) is 1. The fourth-order valence-corrected chi connectivity index (χ4v) is 1.28. The molecule has 90 valence electrons. The van der Waals surface area contributed by atoms with Crippen LogP contribution in [0.5, 0.6) is 11.8 Å². The lowest BCUT2D eigenvalue weighted by Gasteiger charge is -2.17. The Morgan fingerprint density at radius 3 is 2.56 bits per heavy atom. The first-order valence-electron chi connectivity index (χ1n) is 4.86. The zero-order valence-electron chi connectivity index (χ0n) is 9.97. The Kier molecular flexibility index (Phi) is 4.45. The molecule has 6 heteroatoms. The molecule has 6 nitrogen and oxygen atoms in total. The van der Waals surface area contributed by atoms with Crippen molar-refractivity contribution in [3.8, 4) is 11.8 Å². The van der Waals surface area contributed by atoms with Crippen molar-refractivity contribution >= 4 is 0 Å². The number of aliphatic hydroxyl groups excluding tert-OH is 1. The molecule has 0 aliphatic heterocycles. The van der Waals surface area contributed by atoms with Crippen LogP contribution >= 0.6 is 0 Å². The Bertz CT molecular complexity index is 344. The molecule has 1 N–H and O–H groups in total. The third-order valence-electron chi connectivity index (χ3n) is 2.00. The van der Waals surface area contributed by atoms with E-state index in [1.54, 1.807) is 0 Å². The monoisotopic (exact) mass is 227 g/mol. The molecule has 0 radical (unpaired) electrons. The standard InChI is InChI=1S/C10H17N3O3/c1-13(2)6-7(14)9-10(16-4)12-8(15-3)5-11-9/h5,7,14H,6H2,1-4H3. The molecule has 0 spiro atoms. The van der Waals surface area contributed by atoms with Gasteiger partial charge >= 0.3 is 0 Å². The lowest BCUT2D eigenvalue weighted by molar-refractivity contribution is 0.129. The van der Waals surface area contributed by atoms with Gasteiger partial charge in [-0.1, -0.05) is 0 Å². The van der Waals surface area contributed by atoms with E-state index in [2.05, 4.69) is 9.97 Å². The van der Waals surface area contributed by atoms with Crippen molar-refractivity contribution in [2.45, 2.75) is 6.10 Å². The highest BCUT2D eigenvalue weighted by molar-refractivity contribution is 5.24. The largest absolute Gasteiger partial charge is 0.480 e. The second-order valence-electron chi connectivity index (χ2n) is 3.58. The molecule has 1 aromatic rings. The Morgan fingerprint density at radius 2 is 2.06 bits per heavy atom. The Labute approximate surface area is 94.8 Å². The normalized spacial score (nSPS) is 12.6. The van der Waals surface area contributed by atoms with E-state index >= 15 is 0 Å². The summed E-state index contributed by atoms with van der Waals surface area (Å²) in [7, 11) is 6.72. The molecular weight excluding hydrogens is 210 g/mol. The number of methoxy groups -OCH3 is 2. The van der Waals surface area contributed by atoms with Crippen LogP contribution in [0.15, 0.2) is 6.20 Å². The summed E-state index contributed by atoms with van der Waals surface area (Å²) < 4.78 is 9.99. The molecule has 0 saturated heterocycles. The summed E-state index contributed by atoms with van der Waals surface area (Å²) in [4.78, 5) is 9.99. The average Bonchev–Trinajstić information content (AvgIpc) is 2.27. The molecule has 1 atom stereocenters. The van der Waals surface area contributed by atoms with Gasteiger partial charge in [-0.15, -0.1) is 0 Å². The van der Waals surface area contributed by atoms with E-state index in [4.69, 9.17) is 9.47 Å². The van der Waals surface area contributed by atoms with Crippen molar-refractivity contribution in [1.82, 2.24) is 14.9 Å². The van der Waals surface area contributed by atoms with Gasteiger partial charge in [0.05, 0.1) is 20.4 Å². The minimum Gasteiger partial charge on any atom is -0.480 e. The number of rotatable bonds is 5. The number of nitrogens with zero attached hydrogens (tertiary/aromatic N) is 3. The van der Waals surface area contributed by atoms with Crippen LogP contribution < -0.4 is 9.47 Å². The first kappa shape index (κ1) is 12.7. The summed E-state index contributed by atoms with van der Waals surface area (Å²) in [6.07, 6.45) is 0.722. The summed E-state index contributed by atoms with van der Waals surface area (Å²) in [5.74, 6) is 0.645. The quantitative estimate of drug-likeness (QED) is 0.769. The van der Waals surface area contributed by atoms with Crippen molar-refractivity contribution in [1.29, 1.82) is 0 Å². The Morgan fingerprint density at radius 1 is 1.38 bits per heavy atom. The molecule has 0 amide bonds. The number of aliphatic hydroxyl groups is 1. The van der Waals surface area contributed by atoms with Crippen LogP contribution in [-0.2, 0) is 0 Å². The number of aromatic nitrogens is 2. The predicted molar refractivity (Wildman–Crippen MR) is 58.6 cm³/mol. The maximum Gasteiger partial charge on any atom is 0.241 e. The van der Waals surface area contributed by atoms with Gasteiger partial charge in [0.1, 0.15) is 11.8 Å². The van der Waals surface area contributed by atoms with Crippen LogP contribution in [0.4, 0.5) is 0 Å². The highest BCUT2D eigenvalue weighted by atomic mass is 16.5. The molecule has 1 heterocycles. The van der Waals surface area contributed by atoms with E-state index < -0.39 is 6.10 Å². The highest BCUT2D eigenvalue weighted by Crippen LogP contribution is 2.23. The molecule has 1 rings (SSSR count). The molecule has 0 bridgehead atoms. The summed E-state index contributed by atoms with van der Waals surface area (Å²) in [6.45, 7) is 0.456. The highest BCUT2D eigenvalue weighted by Gasteiger charge is 2.17. The van der Waals surface area contributed by atoms with Crippen LogP contribution in [0, 0.1) is 0 Å². The van der Waals surface area contributed by atoms with Gasteiger partial charge in [0, 0.05) is 6.54 Å². The van der Waals surface area contributed by atoms with Gasteiger partial charge in [0.15, 0.2) is 0 Å². The number of hydrogen-bond acceptors (Lipinski definition) is 6. The fraction of sp³-hybridized carbons (Fsp3) is 0.600. The molecular formula is C10H17N3O3. The number of hydrogen-bond donors (Lipinski definition) is 1. The zero-order valence-corrected chi connectivity index (χ0v) is 9.97. The summed E-state index contributed by atoms with van der Waals surface area (Å²) in [5.41, 5.74) is 0.414. The van der Waals surface area contributed by atoms with Gasteiger partial charge in [0.25, 0.3) is 0 Å². The van der Waals surface area contributed by atoms with E-state index in [0.29, 0.717) is 18.1 Å². The van der Waals surface area contributed by atoms with Crippen LogP contribution in [0.2, 0.25) is 0 Å². The molecule has 1 unspecified atom stereocenters. The van der Waals surface area contributed by atoms with Gasteiger partial charge in [-0.3, -0.25) is 0 Å². The molecule has 0 fully saturated rings. The van der Waals surface area contributed by atoms with Crippen LogP contribution in [0.3, 0.4) is 0 Å². The SMILES string of the molecule is COc1cnc(C(O)CN(C)C)c(OC)n1. The first-order valence-corrected chi connectivity index (χ1v) is 4.86. The molecule has 1 aromatic heterocycles. The van der Waals surface area contributed by atoms with Crippen molar-refractivity contribution in [3.05, 3.63) is 11.9 Å². The van der Waals surface area contributed by atoms with E-state index in [0.717, 1.165) is 0 Å². The van der Waals surface area contributed by atoms with E-state index in [1.165, 1.54) is 20.4 Å². The lowest BCUT2D eigenvalue weighted by Crippen LogP contribution is -2.21. The Hall–Kier alpha value is -1.40. The third-order valence-corrected chi connectivity index (χ3v) is 2.00. The predicted octanol–water partition coefficient (Wildman–Crippen LogP) is 0.0888. The van der Waals surface area contributed by atoms with Crippen molar-refractivity contribution in [2.24, 2.45) is 0 Å². The summed E-state index contributed by atoms with van der Waals surface area (Å²) in [6, 6.07) is 0. The number of ether oxygens (including phenoxy) is 2. The Balaban J connectivity index is 2.94. The maximum atomic E-state index is 9.90. The second-order valence-corrected chi connectivity index (χ2v) is 3.58. The second kappa shape index (κ2) is 5.62. The van der Waals surface area contributed by atoms with E-state index in [9.17, 15) is 5.11 Å². The fourth-order valence-electron chi connectivity index (χ4n) is 1.28. The lowest BCUT2D eigenvalue weighted by atomic mass is 10.2. The van der Waals surface area contributed by atoms with Crippen molar-refractivity contribution in [3.63, 3.8) is 0 Å². The minimum atomic E-state index is -0.733. The van der Waals surface area contributed by atoms with E-state index in [1.807, 2.05) is 19.0 Å². The molecule has 0 saturated carbocycles. The first-order chi connectivity index (χ1) is 7.58. The summed E-state index contributed by atoms with van der Waals surface area (Å²) >= 11 is 0. The van der Waals surface area contributed by atoms with Gasteiger partial charge in [0.2, 0.25) is 11.8 Å². The van der Waals surface area contributed by atoms with Gasteiger partial charge < -0.3 is 19.5 Å². The molecule has 0 aliphatic carbocycles.